The van der Waals surface area contributed by atoms with Crippen molar-refractivity contribution in [2.45, 2.75) is 57.5 Å². The molecule has 4 nitrogen and oxygen atoms in total. The first-order valence-corrected chi connectivity index (χ1v) is 9.27. The van der Waals surface area contributed by atoms with Crippen molar-refractivity contribution in [2.75, 3.05) is 21.3 Å². The minimum atomic E-state index is 0.642. The van der Waals surface area contributed by atoms with Gasteiger partial charge in [-0.25, -0.2) is 0 Å². The van der Waals surface area contributed by atoms with Crippen LogP contribution in [0.25, 0.3) is 0 Å². The highest BCUT2D eigenvalue weighted by molar-refractivity contribution is 5.53. The van der Waals surface area contributed by atoms with Gasteiger partial charge in [0, 0.05) is 12.6 Å². The number of ether oxygens (including phenoxy) is 3. The largest absolute Gasteiger partial charge is 0.493 e. The Morgan fingerprint density at radius 1 is 0.875 bits per heavy atom. The Labute approximate surface area is 145 Å². The lowest BCUT2D eigenvalue weighted by atomic mass is 9.69. The van der Waals surface area contributed by atoms with Gasteiger partial charge in [-0.2, -0.15) is 0 Å². The van der Waals surface area contributed by atoms with E-state index in [0.717, 1.165) is 29.9 Å². The van der Waals surface area contributed by atoms with Crippen LogP contribution in [0.3, 0.4) is 0 Å². The molecule has 0 spiro atoms. The molecule has 3 rings (SSSR count). The van der Waals surface area contributed by atoms with E-state index in [4.69, 9.17) is 14.2 Å². The van der Waals surface area contributed by atoms with Gasteiger partial charge in [-0.3, -0.25) is 0 Å². The minimum absolute atomic E-state index is 0.642. The lowest BCUT2D eigenvalue weighted by molar-refractivity contribution is 0.143. The maximum Gasteiger partial charge on any atom is 0.203 e. The van der Waals surface area contributed by atoms with Gasteiger partial charge >= 0.3 is 0 Å². The number of benzene rings is 1. The van der Waals surface area contributed by atoms with Gasteiger partial charge in [0.05, 0.1) is 21.3 Å². The highest BCUT2D eigenvalue weighted by Gasteiger charge is 2.31. The molecule has 0 bridgehead atoms. The average molecular weight is 333 g/mol. The molecule has 0 saturated heterocycles. The summed E-state index contributed by atoms with van der Waals surface area (Å²) in [5.74, 6) is 4.06. The SMILES string of the molecule is COc1cc(CN[C@@H]2CC[C@@H]3CCCC[C@@H]3C2)cc(OC)c1OC. The Morgan fingerprint density at radius 3 is 2.17 bits per heavy atom. The summed E-state index contributed by atoms with van der Waals surface area (Å²) in [6, 6.07) is 4.73. The molecule has 1 N–H and O–H groups in total. The molecule has 0 aromatic heterocycles. The van der Waals surface area contributed by atoms with E-state index in [9.17, 15) is 0 Å². The summed E-state index contributed by atoms with van der Waals surface area (Å²) in [7, 11) is 4.97. The highest BCUT2D eigenvalue weighted by atomic mass is 16.5. The van der Waals surface area contributed by atoms with Gasteiger partial charge in [0.2, 0.25) is 5.75 Å². The summed E-state index contributed by atoms with van der Waals surface area (Å²) >= 11 is 0. The third-order valence-corrected chi connectivity index (χ3v) is 5.86. The molecule has 0 radical (unpaired) electrons. The summed E-state index contributed by atoms with van der Waals surface area (Å²) in [6.45, 7) is 0.846. The van der Waals surface area contributed by atoms with Crippen molar-refractivity contribution >= 4 is 0 Å². The lowest BCUT2D eigenvalue weighted by Crippen LogP contribution is -2.38. The average Bonchev–Trinajstić information content (AvgIpc) is 2.65. The monoisotopic (exact) mass is 333 g/mol. The first-order valence-electron chi connectivity index (χ1n) is 9.27. The first-order chi connectivity index (χ1) is 11.7. The predicted molar refractivity (Wildman–Crippen MR) is 96.0 cm³/mol. The third kappa shape index (κ3) is 3.80. The van der Waals surface area contributed by atoms with Crippen LogP contribution in [-0.2, 0) is 6.54 Å². The fourth-order valence-corrected chi connectivity index (χ4v) is 4.56. The second-order valence-electron chi connectivity index (χ2n) is 7.23. The third-order valence-electron chi connectivity index (χ3n) is 5.86. The normalized spacial score (nSPS) is 26.5. The standard InChI is InChI=1S/C20H31NO3/c1-22-18-10-14(11-19(23-2)20(18)24-3)13-21-17-9-8-15-6-4-5-7-16(15)12-17/h10-11,15-17,21H,4-9,12-13H2,1-3H3/t15-,16+,17+/m0/s1. The van der Waals surface area contributed by atoms with Gasteiger partial charge in [0.25, 0.3) is 0 Å². The topological polar surface area (TPSA) is 39.7 Å². The quantitative estimate of drug-likeness (QED) is 0.848. The molecule has 1 aromatic rings. The van der Waals surface area contributed by atoms with Gasteiger partial charge in [-0.15, -0.1) is 0 Å². The van der Waals surface area contributed by atoms with Crippen molar-refractivity contribution in [3.8, 4) is 17.2 Å². The maximum absolute atomic E-state index is 5.45. The first kappa shape index (κ1) is 17.4. The molecule has 0 aliphatic heterocycles. The van der Waals surface area contributed by atoms with E-state index in [1.54, 1.807) is 21.3 Å². The molecule has 4 heteroatoms. The second kappa shape index (κ2) is 8.11. The Bertz CT molecular complexity index is 521. The van der Waals surface area contributed by atoms with Gasteiger partial charge in [-0.1, -0.05) is 25.7 Å². The highest BCUT2D eigenvalue weighted by Crippen LogP contribution is 2.41. The summed E-state index contributed by atoms with van der Waals surface area (Å²) in [4.78, 5) is 0. The van der Waals surface area contributed by atoms with Crippen LogP contribution in [0.5, 0.6) is 17.2 Å². The fourth-order valence-electron chi connectivity index (χ4n) is 4.56. The Morgan fingerprint density at radius 2 is 1.54 bits per heavy atom. The van der Waals surface area contributed by atoms with Crippen LogP contribution in [0.4, 0.5) is 0 Å². The molecule has 2 saturated carbocycles. The molecule has 1 aromatic carbocycles. The molecule has 2 aliphatic rings. The van der Waals surface area contributed by atoms with Crippen molar-refractivity contribution in [3.63, 3.8) is 0 Å². The van der Waals surface area contributed by atoms with E-state index < -0.39 is 0 Å². The number of methoxy groups -OCH3 is 3. The smallest absolute Gasteiger partial charge is 0.203 e. The van der Waals surface area contributed by atoms with Gasteiger partial charge in [0.15, 0.2) is 11.5 Å². The van der Waals surface area contributed by atoms with Crippen LogP contribution in [-0.4, -0.2) is 27.4 Å². The Hall–Kier alpha value is -1.42. The molecular formula is C20H31NO3. The van der Waals surface area contributed by atoms with E-state index in [1.807, 2.05) is 12.1 Å². The zero-order chi connectivity index (χ0) is 16.9. The van der Waals surface area contributed by atoms with E-state index in [0.29, 0.717) is 11.8 Å². The Balaban J connectivity index is 1.62. The molecule has 2 fully saturated rings. The number of hydrogen-bond donors (Lipinski definition) is 1. The minimum Gasteiger partial charge on any atom is -0.493 e. The molecule has 0 amide bonds. The van der Waals surface area contributed by atoms with Crippen LogP contribution in [0.1, 0.15) is 50.5 Å². The summed E-state index contributed by atoms with van der Waals surface area (Å²) in [5, 5.41) is 3.76. The number of hydrogen-bond acceptors (Lipinski definition) is 4. The summed E-state index contributed by atoms with van der Waals surface area (Å²) in [6.07, 6.45) is 9.83. The van der Waals surface area contributed by atoms with Crippen molar-refractivity contribution in [1.29, 1.82) is 0 Å². The van der Waals surface area contributed by atoms with Gasteiger partial charge in [-0.05, 0) is 48.8 Å². The molecule has 24 heavy (non-hydrogen) atoms. The van der Waals surface area contributed by atoms with Crippen molar-refractivity contribution in [2.24, 2.45) is 11.8 Å². The number of fused-ring (bicyclic) bond motifs is 1. The zero-order valence-corrected chi connectivity index (χ0v) is 15.3. The molecule has 134 valence electrons. The molecule has 2 aliphatic carbocycles. The number of rotatable bonds is 6. The maximum atomic E-state index is 5.45. The van der Waals surface area contributed by atoms with Crippen LogP contribution >= 0.6 is 0 Å². The van der Waals surface area contributed by atoms with Crippen LogP contribution in [0, 0.1) is 11.8 Å². The second-order valence-corrected chi connectivity index (χ2v) is 7.23. The van der Waals surface area contributed by atoms with Gasteiger partial charge in [0.1, 0.15) is 0 Å². The van der Waals surface area contributed by atoms with Gasteiger partial charge < -0.3 is 19.5 Å². The summed E-state index contributed by atoms with van der Waals surface area (Å²) in [5.41, 5.74) is 1.18. The predicted octanol–water partition coefficient (Wildman–Crippen LogP) is 4.16. The summed E-state index contributed by atoms with van der Waals surface area (Å²) < 4.78 is 16.3. The fraction of sp³-hybridized carbons (Fsp3) is 0.700. The molecule has 0 heterocycles. The van der Waals surface area contributed by atoms with Crippen LogP contribution < -0.4 is 19.5 Å². The lowest BCUT2D eigenvalue weighted by Gasteiger charge is -2.39. The van der Waals surface area contributed by atoms with Crippen LogP contribution in [0.15, 0.2) is 12.1 Å². The van der Waals surface area contributed by atoms with E-state index >= 15 is 0 Å². The van der Waals surface area contributed by atoms with Crippen LogP contribution in [0.2, 0.25) is 0 Å². The van der Waals surface area contributed by atoms with E-state index in [-0.39, 0.29) is 0 Å². The van der Waals surface area contributed by atoms with Crippen molar-refractivity contribution < 1.29 is 14.2 Å². The zero-order valence-electron chi connectivity index (χ0n) is 15.3. The van der Waals surface area contributed by atoms with Crippen molar-refractivity contribution in [1.82, 2.24) is 5.32 Å². The molecular weight excluding hydrogens is 302 g/mol. The van der Waals surface area contributed by atoms with Crippen molar-refractivity contribution in [3.05, 3.63) is 17.7 Å². The Kier molecular flexibility index (Phi) is 5.88. The van der Waals surface area contributed by atoms with E-state index in [1.165, 1.54) is 50.5 Å². The molecule has 3 atom stereocenters. The molecule has 0 unspecified atom stereocenters. The van der Waals surface area contributed by atoms with E-state index in [2.05, 4.69) is 5.32 Å². The number of nitrogens with one attached hydrogen (secondary N) is 1.